The Morgan fingerprint density at radius 1 is 1.16 bits per heavy atom. The molecule has 180 valence electrons. The van der Waals surface area contributed by atoms with Crippen molar-refractivity contribution in [3.05, 3.63) is 0 Å². The Labute approximate surface area is 189 Å². The zero-order valence-corrected chi connectivity index (χ0v) is 19.6. The maximum Gasteiger partial charge on any atom is 0.410 e. The molecule has 4 bridgehead atoms. The minimum atomic E-state index is -0.524. The van der Waals surface area contributed by atoms with E-state index in [1.165, 1.54) is 6.42 Å². The molecule has 9 heteroatoms. The number of carbonyl (C=O) groups is 3. The van der Waals surface area contributed by atoms with Crippen molar-refractivity contribution in [2.24, 2.45) is 29.1 Å². The highest BCUT2D eigenvalue weighted by molar-refractivity contribution is 5.79. The molecule has 6 atom stereocenters. The summed E-state index contributed by atoms with van der Waals surface area (Å²) in [7, 11) is 1.66. The quantitative estimate of drug-likeness (QED) is 0.452. The highest BCUT2D eigenvalue weighted by Gasteiger charge is 2.58. The monoisotopic (exact) mass is 451 g/mol. The first-order valence-corrected chi connectivity index (χ1v) is 11.7. The van der Waals surface area contributed by atoms with Gasteiger partial charge < -0.3 is 34.5 Å². The topological polar surface area (TPSA) is 106 Å². The maximum atomic E-state index is 12.5. The van der Waals surface area contributed by atoms with E-state index >= 15 is 0 Å². The second kappa shape index (κ2) is 8.91. The van der Waals surface area contributed by atoms with Crippen LogP contribution in [0.25, 0.3) is 0 Å². The third kappa shape index (κ3) is 4.52. The van der Waals surface area contributed by atoms with Crippen LogP contribution in [-0.2, 0) is 23.8 Å². The predicted octanol–water partition coefficient (Wildman–Crippen LogP) is 0.814. The van der Waals surface area contributed by atoms with Gasteiger partial charge in [0.15, 0.2) is 0 Å². The first kappa shape index (κ1) is 23.4. The Kier molecular flexibility index (Phi) is 6.53. The number of rotatable bonds is 6. The Hall–Kier alpha value is -1.71. The van der Waals surface area contributed by atoms with Crippen molar-refractivity contribution >= 4 is 18.3 Å². The van der Waals surface area contributed by atoms with E-state index in [-0.39, 0.29) is 35.4 Å². The van der Waals surface area contributed by atoms with Crippen molar-refractivity contribution in [2.45, 2.75) is 51.3 Å². The second-order valence-electron chi connectivity index (χ2n) is 11.1. The summed E-state index contributed by atoms with van der Waals surface area (Å²) in [5.74, 6) is 0.871. The summed E-state index contributed by atoms with van der Waals surface area (Å²) < 4.78 is 16.2. The lowest BCUT2D eigenvalue weighted by molar-refractivity contribution is -0.161. The van der Waals surface area contributed by atoms with Gasteiger partial charge in [0.25, 0.3) is 0 Å². The minimum absolute atomic E-state index is 0.0739. The van der Waals surface area contributed by atoms with Gasteiger partial charge in [-0.25, -0.2) is 4.79 Å². The molecule has 0 radical (unpaired) electrons. The molecule has 7 aliphatic rings. The molecule has 7 rings (SSSR count). The molecule has 5 aliphatic heterocycles. The van der Waals surface area contributed by atoms with Crippen molar-refractivity contribution in [3.63, 3.8) is 0 Å². The van der Waals surface area contributed by atoms with Gasteiger partial charge in [0.2, 0.25) is 0 Å². The smallest absolute Gasteiger partial charge is 0.410 e. The van der Waals surface area contributed by atoms with E-state index in [9.17, 15) is 14.4 Å². The number of methoxy groups -OCH3 is 1. The Morgan fingerprint density at radius 3 is 2.38 bits per heavy atom. The number of ether oxygens (including phenoxy) is 3. The van der Waals surface area contributed by atoms with E-state index in [1.807, 2.05) is 20.8 Å². The molecule has 2 N–H and O–H groups in total. The van der Waals surface area contributed by atoms with Gasteiger partial charge in [0, 0.05) is 44.7 Å². The number of hydrogen-bond acceptors (Lipinski definition) is 8. The highest BCUT2D eigenvalue weighted by atomic mass is 16.6. The number of fused-ring (bicyclic) bond motifs is 2. The molecular formula is C23H37N3O6. The molecule has 6 unspecified atom stereocenters. The van der Waals surface area contributed by atoms with Gasteiger partial charge in [-0.1, -0.05) is 0 Å². The fourth-order valence-corrected chi connectivity index (χ4v) is 5.57. The van der Waals surface area contributed by atoms with Crippen LogP contribution in [0.15, 0.2) is 0 Å². The zero-order chi connectivity index (χ0) is 23.1. The first-order chi connectivity index (χ1) is 15.2. The molecule has 7 fully saturated rings. The Balaban J connectivity index is 0.000000254. The maximum absolute atomic E-state index is 12.5. The van der Waals surface area contributed by atoms with E-state index < -0.39 is 5.60 Å². The second-order valence-corrected chi connectivity index (χ2v) is 11.1. The number of amides is 1. The fraction of sp³-hybridized carbons (Fsp3) is 0.870. The van der Waals surface area contributed by atoms with Crippen LogP contribution in [0.3, 0.4) is 0 Å². The van der Waals surface area contributed by atoms with Crippen LogP contribution in [0.5, 0.6) is 0 Å². The molecular weight excluding hydrogens is 414 g/mol. The number of aldehydes is 1. The van der Waals surface area contributed by atoms with Gasteiger partial charge >= 0.3 is 12.1 Å². The summed E-state index contributed by atoms with van der Waals surface area (Å²) in [6.45, 7) is 9.75. The number of esters is 1. The Bertz CT molecular complexity index is 720. The largest absolute Gasteiger partial charge is 0.465 e. The van der Waals surface area contributed by atoms with E-state index in [0.717, 1.165) is 32.3 Å². The standard InChI is InChI=1S/C17H28N2O5.C6H9NO/c1-16(2,3)24-15(21)19-6-11-5-12(19)13(11)14(20)23-10-17(9-22-4)7-18-8-17;8-3-5-4-1-6(5)7-2-4/h11-13,18H,5-10H2,1-4H3;3-7H,1-2H2. The molecule has 0 aromatic carbocycles. The highest BCUT2D eigenvalue weighted by Crippen LogP contribution is 2.47. The lowest BCUT2D eigenvalue weighted by atomic mass is 9.74. The van der Waals surface area contributed by atoms with Gasteiger partial charge in [0.1, 0.15) is 18.5 Å². The average Bonchev–Trinajstić information content (AvgIpc) is 3.43. The van der Waals surface area contributed by atoms with Crippen LogP contribution in [0.2, 0.25) is 0 Å². The molecule has 0 aromatic heterocycles. The number of nitrogens with zero attached hydrogens (tertiary/aromatic N) is 1. The number of nitrogens with one attached hydrogen (secondary N) is 2. The summed E-state index contributed by atoms with van der Waals surface area (Å²) in [6, 6.07) is 0.479. The lowest BCUT2D eigenvalue weighted by Crippen LogP contribution is -2.59. The van der Waals surface area contributed by atoms with Crippen LogP contribution in [0, 0.1) is 29.1 Å². The first-order valence-electron chi connectivity index (χ1n) is 11.7. The summed E-state index contributed by atoms with van der Waals surface area (Å²) in [6.07, 6.45) is 2.87. The molecule has 5 saturated heterocycles. The average molecular weight is 452 g/mol. The molecule has 32 heavy (non-hydrogen) atoms. The molecule has 2 aliphatic carbocycles. The van der Waals surface area contributed by atoms with Crippen LogP contribution in [-0.4, -0.2) is 87.4 Å². The van der Waals surface area contributed by atoms with Crippen molar-refractivity contribution in [2.75, 3.05) is 46.5 Å². The lowest BCUT2D eigenvalue weighted by Gasteiger charge is -2.42. The van der Waals surface area contributed by atoms with Crippen LogP contribution in [0.1, 0.15) is 33.6 Å². The van der Waals surface area contributed by atoms with Crippen LogP contribution in [0.4, 0.5) is 4.79 Å². The zero-order valence-electron chi connectivity index (χ0n) is 19.6. The van der Waals surface area contributed by atoms with E-state index in [2.05, 4.69) is 10.6 Å². The summed E-state index contributed by atoms with van der Waals surface area (Å²) in [4.78, 5) is 36.6. The molecule has 0 spiro atoms. The van der Waals surface area contributed by atoms with Gasteiger partial charge in [-0.3, -0.25) is 4.79 Å². The van der Waals surface area contributed by atoms with Crippen molar-refractivity contribution in [1.29, 1.82) is 0 Å². The number of hydrogen-bond donors (Lipinski definition) is 2. The van der Waals surface area contributed by atoms with Crippen LogP contribution < -0.4 is 10.6 Å². The van der Waals surface area contributed by atoms with Crippen molar-refractivity contribution in [3.8, 4) is 0 Å². The summed E-state index contributed by atoms with van der Waals surface area (Å²) >= 11 is 0. The minimum Gasteiger partial charge on any atom is -0.465 e. The number of carbonyl (C=O) groups excluding carboxylic acids is 3. The van der Waals surface area contributed by atoms with E-state index in [0.29, 0.717) is 37.6 Å². The van der Waals surface area contributed by atoms with Crippen molar-refractivity contribution < 1.29 is 28.6 Å². The molecule has 5 heterocycles. The third-order valence-corrected chi connectivity index (χ3v) is 7.53. The third-order valence-electron chi connectivity index (χ3n) is 7.53. The van der Waals surface area contributed by atoms with Gasteiger partial charge in [-0.2, -0.15) is 0 Å². The van der Waals surface area contributed by atoms with Gasteiger partial charge in [0.05, 0.1) is 17.9 Å². The van der Waals surface area contributed by atoms with E-state index in [4.69, 9.17) is 14.2 Å². The molecule has 9 nitrogen and oxygen atoms in total. The van der Waals surface area contributed by atoms with Crippen molar-refractivity contribution in [1.82, 2.24) is 15.5 Å². The van der Waals surface area contributed by atoms with Gasteiger partial charge in [-0.05, 0) is 52.0 Å². The summed E-state index contributed by atoms with van der Waals surface area (Å²) in [5.41, 5.74) is -0.623. The van der Waals surface area contributed by atoms with E-state index in [1.54, 1.807) is 12.0 Å². The molecule has 0 aromatic rings. The molecule has 2 saturated carbocycles. The fourth-order valence-electron chi connectivity index (χ4n) is 5.57. The van der Waals surface area contributed by atoms with Crippen LogP contribution >= 0.6 is 0 Å². The normalized spacial score (nSPS) is 35.4. The SMILES string of the molecule is COCC1(COC(=O)C2C3CC2N(C(=O)OC(C)(C)C)C3)CNC1.O=CC1C2CNC1C2. The predicted molar refractivity (Wildman–Crippen MR) is 116 cm³/mol. The Morgan fingerprint density at radius 2 is 1.91 bits per heavy atom. The van der Waals surface area contributed by atoms with Gasteiger partial charge in [-0.15, -0.1) is 0 Å². The molecule has 1 amide bonds. The summed E-state index contributed by atoms with van der Waals surface area (Å²) in [5, 5.41) is 6.46.